The molecule has 7 heteroatoms. The van der Waals surface area contributed by atoms with Gasteiger partial charge in [-0.1, -0.05) is 36.4 Å². The Bertz CT molecular complexity index is 1020. The van der Waals surface area contributed by atoms with Gasteiger partial charge >= 0.3 is 12.1 Å². The van der Waals surface area contributed by atoms with Gasteiger partial charge in [0.15, 0.2) is 0 Å². The van der Waals surface area contributed by atoms with Crippen LogP contribution in [0.3, 0.4) is 0 Å². The molecule has 1 amide bonds. The molecule has 1 N–H and O–H groups in total. The van der Waals surface area contributed by atoms with E-state index in [1.807, 2.05) is 63.2 Å². The van der Waals surface area contributed by atoms with Gasteiger partial charge in [0.05, 0.1) is 17.7 Å². The predicted octanol–water partition coefficient (Wildman–Crippen LogP) is 4.45. The fraction of sp³-hybridized carbons (Fsp3) is 0.481. The number of hydrogen-bond donors (Lipinski definition) is 1. The van der Waals surface area contributed by atoms with Crippen molar-refractivity contribution in [2.75, 3.05) is 29.4 Å². The van der Waals surface area contributed by atoms with Gasteiger partial charge in [0.2, 0.25) is 0 Å². The standard InChI is InChI=1S/C27H34N2O5/c1-26(2,3)34-24(30)18-27(32)13-16-28(17-14-27)22-10-7-11-23-21(22)12-15-29(23)25(31)33-19-20-8-5-4-6-9-20/h4-11,32H,12-19H2,1-3H3. The quantitative estimate of drug-likeness (QED) is 0.656. The Balaban J connectivity index is 1.38. The molecule has 7 nitrogen and oxygen atoms in total. The zero-order chi connectivity index (χ0) is 24.3. The average Bonchev–Trinajstić information content (AvgIpc) is 3.22. The number of esters is 1. The van der Waals surface area contributed by atoms with E-state index in [0.29, 0.717) is 32.5 Å². The highest BCUT2D eigenvalue weighted by atomic mass is 16.6. The molecule has 182 valence electrons. The summed E-state index contributed by atoms with van der Waals surface area (Å²) in [6, 6.07) is 15.6. The van der Waals surface area contributed by atoms with Crippen molar-refractivity contribution in [3.63, 3.8) is 0 Å². The number of carbonyl (C=O) groups is 2. The minimum atomic E-state index is -1.05. The molecule has 0 aliphatic carbocycles. The van der Waals surface area contributed by atoms with E-state index in [4.69, 9.17) is 9.47 Å². The molecule has 2 heterocycles. The monoisotopic (exact) mass is 466 g/mol. The lowest BCUT2D eigenvalue weighted by molar-refractivity contribution is -0.161. The SMILES string of the molecule is CC(C)(C)OC(=O)CC1(O)CCN(c2cccc3c2CCN3C(=O)OCc2ccccc2)CC1. The number of anilines is 2. The van der Waals surface area contributed by atoms with E-state index in [1.54, 1.807) is 4.90 Å². The highest BCUT2D eigenvalue weighted by molar-refractivity contribution is 5.92. The average molecular weight is 467 g/mol. The lowest BCUT2D eigenvalue weighted by Gasteiger charge is -2.39. The van der Waals surface area contributed by atoms with Crippen LogP contribution in [0.5, 0.6) is 0 Å². The zero-order valence-electron chi connectivity index (χ0n) is 20.3. The number of benzene rings is 2. The lowest BCUT2D eigenvalue weighted by Crippen LogP contribution is -2.46. The molecule has 0 aromatic heterocycles. The molecule has 0 spiro atoms. The molecular formula is C27H34N2O5. The van der Waals surface area contributed by atoms with Crippen LogP contribution in [0.15, 0.2) is 48.5 Å². The first-order chi connectivity index (χ1) is 16.1. The molecule has 2 aliphatic heterocycles. The predicted molar refractivity (Wildman–Crippen MR) is 131 cm³/mol. The Morgan fingerprint density at radius 1 is 0.971 bits per heavy atom. The normalized spacial score (nSPS) is 17.3. The van der Waals surface area contributed by atoms with Crippen molar-refractivity contribution >= 4 is 23.4 Å². The fourth-order valence-corrected chi connectivity index (χ4v) is 4.69. The van der Waals surface area contributed by atoms with Crippen LogP contribution in [-0.2, 0) is 27.3 Å². The van der Waals surface area contributed by atoms with Gasteiger partial charge in [0, 0.05) is 30.9 Å². The van der Waals surface area contributed by atoms with Gasteiger partial charge in [-0.2, -0.15) is 0 Å². The molecule has 0 saturated carbocycles. The Kier molecular flexibility index (Phi) is 6.84. The van der Waals surface area contributed by atoms with E-state index in [9.17, 15) is 14.7 Å². The van der Waals surface area contributed by atoms with Crippen molar-refractivity contribution in [2.45, 2.75) is 64.3 Å². The number of aliphatic hydroxyl groups is 1. The van der Waals surface area contributed by atoms with Crippen LogP contribution in [0.25, 0.3) is 0 Å². The number of nitrogens with zero attached hydrogens (tertiary/aromatic N) is 2. The van der Waals surface area contributed by atoms with Gasteiger partial charge in [0.1, 0.15) is 12.2 Å². The summed E-state index contributed by atoms with van der Waals surface area (Å²) in [5.41, 5.74) is 2.42. The van der Waals surface area contributed by atoms with Crippen molar-refractivity contribution in [2.24, 2.45) is 0 Å². The molecule has 4 rings (SSSR count). The van der Waals surface area contributed by atoms with Crippen LogP contribution in [-0.4, -0.2) is 48.0 Å². The molecule has 2 aromatic carbocycles. The molecule has 2 aliphatic rings. The second-order valence-corrected chi connectivity index (χ2v) is 10.2. The Morgan fingerprint density at radius 3 is 2.32 bits per heavy atom. The summed E-state index contributed by atoms with van der Waals surface area (Å²) in [5, 5.41) is 11.0. The number of piperidine rings is 1. The molecule has 1 saturated heterocycles. The molecule has 2 aromatic rings. The van der Waals surface area contributed by atoms with E-state index >= 15 is 0 Å². The Hall–Kier alpha value is -3.06. The third-order valence-electron chi connectivity index (χ3n) is 6.36. The smallest absolute Gasteiger partial charge is 0.414 e. The number of amides is 1. The van der Waals surface area contributed by atoms with Crippen molar-refractivity contribution in [3.05, 3.63) is 59.7 Å². The number of carbonyl (C=O) groups excluding carboxylic acids is 2. The molecule has 0 unspecified atom stereocenters. The summed E-state index contributed by atoms with van der Waals surface area (Å²) in [6.45, 7) is 7.57. The minimum Gasteiger partial charge on any atom is -0.460 e. The number of hydrogen-bond acceptors (Lipinski definition) is 6. The molecule has 0 atom stereocenters. The van der Waals surface area contributed by atoms with Gasteiger partial charge < -0.3 is 19.5 Å². The van der Waals surface area contributed by atoms with Crippen LogP contribution < -0.4 is 9.80 Å². The molecule has 1 fully saturated rings. The first-order valence-electron chi connectivity index (χ1n) is 11.9. The van der Waals surface area contributed by atoms with E-state index in [-0.39, 0.29) is 25.1 Å². The minimum absolute atomic E-state index is 0.00599. The van der Waals surface area contributed by atoms with Crippen LogP contribution in [0.4, 0.5) is 16.2 Å². The molecule has 0 radical (unpaired) electrons. The van der Waals surface area contributed by atoms with Gasteiger partial charge in [-0.25, -0.2) is 4.79 Å². The summed E-state index contributed by atoms with van der Waals surface area (Å²) in [5.74, 6) is -0.367. The van der Waals surface area contributed by atoms with Crippen LogP contribution >= 0.6 is 0 Å². The first kappa shape index (κ1) is 24.1. The maximum atomic E-state index is 12.8. The fourth-order valence-electron chi connectivity index (χ4n) is 4.69. The van der Waals surface area contributed by atoms with Crippen molar-refractivity contribution in [3.8, 4) is 0 Å². The van der Waals surface area contributed by atoms with E-state index < -0.39 is 11.2 Å². The highest BCUT2D eigenvalue weighted by Gasteiger charge is 2.37. The van der Waals surface area contributed by atoms with Gasteiger partial charge in [-0.3, -0.25) is 9.69 Å². The van der Waals surface area contributed by atoms with E-state index in [0.717, 1.165) is 28.9 Å². The second kappa shape index (κ2) is 9.66. The summed E-state index contributed by atoms with van der Waals surface area (Å²) in [6.07, 6.45) is 1.39. The van der Waals surface area contributed by atoms with Crippen LogP contribution in [0, 0.1) is 0 Å². The third-order valence-corrected chi connectivity index (χ3v) is 6.36. The second-order valence-electron chi connectivity index (χ2n) is 10.2. The molecule has 0 bridgehead atoms. The Morgan fingerprint density at radius 2 is 1.65 bits per heavy atom. The molecule has 34 heavy (non-hydrogen) atoms. The number of ether oxygens (including phenoxy) is 2. The van der Waals surface area contributed by atoms with Crippen LogP contribution in [0.2, 0.25) is 0 Å². The summed E-state index contributed by atoms with van der Waals surface area (Å²) in [7, 11) is 0. The van der Waals surface area contributed by atoms with Crippen molar-refractivity contribution in [1.29, 1.82) is 0 Å². The van der Waals surface area contributed by atoms with Crippen molar-refractivity contribution < 1.29 is 24.2 Å². The third kappa shape index (κ3) is 5.70. The Labute approximate surface area is 201 Å². The van der Waals surface area contributed by atoms with Crippen molar-refractivity contribution in [1.82, 2.24) is 0 Å². The largest absolute Gasteiger partial charge is 0.460 e. The number of rotatable bonds is 5. The lowest BCUT2D eigenvalue weighted by atomic mass is 9.87. The zero-order valence-corrected chi connectivity index (χ0v) is 20.3. The summed E-state index contributed by atoms with van der Waals surface area (Å²) in [4.78, 5) is 28.9. The number of fused-ring (bicyclic) bond motifs is 1. The highest BCUT2D eigenvalue weighted by Crippen LogP contribution is 2.38. The topological polar surface area (TPSA) is 79.3 Å². The summed E-state index contributed by atoms with van der Waals surface area (Å²) >= 11 is 0. The van der Waals surface area contributed by atoms with Gasteiger partial charge in [0.25, 0.3) is 0 Å². The van der Waals surface area contributed by atoms with E-state index in [1.165, 1.54) is 0 Å². The summed E-state index contributed by atoms with van der Waals surface area (Å²) < 4.78 is 10.9. The van der Waals surface area contributed by atoms with Crippen LogP contribution in [0.1, 0.15) is 51.2 Å². The molecular weight excluding hydrogens is 432 g/mol. The maximum Gasteiger partial charge on any atom is 0.414 e. The van der Waals surface area contributed by atoms with Gasteiger partial charge in [-0.15, -0.1) is 0 Å². The van der Waals surface area contributed by atoms with E-state index in [2.05, 4.69) is 11.0 Å². The maximum absolute atomic E-state index is 12.8. The first-order valence-corrected chi connectivity index (χ1v) is 11.9. The van der Waals surface area contributed by atoms with Gasteiger partial charge in [-0.05, 0) is 57.7 Å².